The fourth-order valence-electron chi connectivity index (χ4n) is 2.20. The van der Waals surface area contributed by atoms with Gasteiger partial charge in [-0.1, -0.05) is 17.7 Å². The SMILES string of the molecule is COc1ccc(-c2cc(C)c(Cl)cc2C)cc1CN. The van der Waals surface area contributed by atoms with Crippen LogP contribution >= 0.6 is 11.6 Å². The highest BCUT2D eigenvalue weighted by molar-refractivity contribution is 6.31. The highest BCUT2D eigenvalue weighted by atomic mass is 35.5. The van der Waals surface area contributed by atoms with E-state index in [2.05, 4.69) is 19.1 Å². The molecule has 2 aromatic rings. The van der Waals surface area contributed by atoms with Crippen LogP contribution in [0.25, 0.3) is 11.1 Å². The Morgan fingerprint density at radius 3 is 2.47 bits per heavy atom. The van der Waals surface area contributed by atoms with Crippen LogP contribution in [0.3, 0.4) is 0 Å². The van der Waals surface area contributed by atoms with E-state index in [9.17, 15) is 0 Å². The van der Waals surface area contributed by atoms with Crippen molar-refractivity contribution >= 4 is 11.6 Å². The van der Waals surface area contributed by atoms with Crippen molar-refractivity contribution in [3.63, 3.8) is 0 Å². The molecule has 3 heteroatoms. The zero-order chi connectivity index (χ0) is 14.0. The van der Waals surface area contributed by atoms with Crippen LogP contribution in [0.15, 0.2) is 30.3 Å². The van der Waals surface area contributed by atoms with Crippen LogP contribution < -0.4 is 10.5 Å². The number of benzene rings is 2. The minimum Gasteiger partial charge on any atom is -0.496 e. The summed E-state index contributed by atoms with van der Waals surface area (Å²) in [6.45, 7) is 4.54. The summed E-state index contributed by atoms with van der Waals surface area (Å²) in [5.41, 5.74) is 11.3. The molecule has 0 saturated heterocycles. The van der Waals surface area contributed by atoms with Crippen LogP contribution in [0, 0.1) is 13.8 Å². The van der Waals surface area contributed by atoms with E-state index in [1.54, 1.807) is 7.11 Å². The summed E-state index contributed by atoms with van der Waals surface area (Å²) in [4.78, 5) is 0. The largest absolute Gasteiger partial charge is 0.496 e. The van der Waals surface area contributed by atoms with Gasteiger partial charge in [-0.15, -0.1) is 0 Å². The third kappa shape index (κ3) is 2.75. The maximum atomic E-state index is 6.14. The molecule has 2 nitrogen and oxygen atoms in total. The maximum Gasteiger partial charge on any atom is 0.123 e. The lowest BCUT2D eigenvalue weighted by Gasteiger charge is -2.12. The minimum atomic E-state index is 0.461. The van der Waals surface area contributed by atoms with Crippen LogP contribution in [0.5, 0.6) is 5.75 Å². The molecule has 0 aromatic heterocycles. The molecule has 0 amide bonds. The van der Waals surface area contributed by atoms with Crippen LogP contribution in [-0.2, 0) is 6.54 Å². The second-order valence-electron chi connectivity index (χ2n) is 4.65. The summed E-state index contributed by atoms with van der Waals surface area (Å²) in [7, 11) is 1.66. The van der Waals surface area contributed by atoms with Gasteiger partial charge in [0, 0.05) is 17.1 Å². The molecule has 2 aromatic carbocycles. The van der Waals surface area contributed by atoms with Crippen molar-refractivity contribution in [2.45, 2.75) is 20.4 Å². The topological polar surface area (TPSA) is 35.2 Å². The Labute approximate surface area is 119 Å². The summed E-state index contributed by atoms with van der Waals surface area (Å²) in [6, 6.07) is 10.2. The first-order valence-corrected chi connectivity index (χ1v) is 6.58. The Morgan fingerprint density at radius 1 is 1.11 bits per heavy atom. The van der Waals surface area contributed by atoms with Gasteiger partial charge in [-0.25, -0.2) is 0 Å². The van der Waals surface area contributed by atoms with E-state index in [0.29, 0.717) is 6.54 Å². The molecule has 0 heterocycles. The van der Waals surface area contributed by atoms with Gasteiger partial charge in [0.2, 0.25) is 0 Å². The summed E-state index contributed by atoms with van der Waals surface area (Å²) in [5.74, 6) is 0.828. The van der Waals surface area contributed by atoms with Crippen LogP contribution in [0.2, 0.25) is 5.02 Å². The average molecular weight is 276 g/mol. The summed E-state index contributed by atoms with van der Waals surface area (Å²) < 4.78 is 5.30. The fraction of sp³-hybridized carbons (Fsp3) is 0.250. The first-order valence-electron chi connectivity index (χ1n) is 6.21. The number of ether oxygens (including phenoxy) is 1. The van der Waals surface area contributed by atoms with Crippen LogP contribution in [0.4, 0.5) is 0 Å². The predicted molar refractivity (Wildman–Crippen MR) is 80.8 cm³/mol. The van der Waals surface area contributed by atoms with Crippen molar-refractivity contribution in [1.29, 1.82) is 0 Å². The summed E-state index contributed by atoms with van der Waals surface area (Å²) in [6.07, 6.45) is 0. The van der Waals surface area contributed by atoms with Crippen LogP contribution in [-0.4, -0.2) is 7.11 Å². The number of nitrogens with two attached hydrogens (primary N) is 1. The molecule has 0 aliphatic carbocycles. The number of rotatable bonds is 3. The average Bonchev–Trinajstić information content (AvgIpc) is 2.42. The van der Waals surface area contributed by atoms with Crippen molar-refractivity contribution < 1.29 is 4.74 Å². The maximum absolute atomic E-state index is 6.14. The van der Waals surface area contributed by atoms with Gasteiger partial charge < -0.3 is 10.5 Å². The Morgan fingerprint density at radius 2 is 1.84 bits per heavy atom. The van der Waals surface area contributed by atoms with E-state index in [-0.39, 0.29) is 0 Å². The van der Waals surface area contributed by atoms with E-state index in [4.69, 9.17) is 22.1 Å². The number of halogens is 1. The van der Waals surface area contributed by atoms with Gasteiger partial charge in [-0.2, -0.15) is 0 Å². The Hall–Kier alpha value is -1.51. The molecule has 0 unspecified atom stereocenters. The second-order valence-corrected chi connectivity index (χ2v) is 5.05. The molecule has 0 atom stereocenters. The first-order chi connectivity index (χ1) is 9.06. The number of hydrogen-bond acceptors (Lipinski definition) is 2. The lowest BCUT2D eigenvalue weighted by Crippen LogP contribution is -2.00. The third-order valence-electron chi connectivity index (χ3n) is 3.32. The molecule has 2 rings (SSSR count). The molecule has 0 bridgehead atoms. The summed E-state index contributed by atoms with van der Waals surface area (Å²) >= 11 is 6.14. The normalized spacial score (nSPS) is 10.6. The Bertz CT molecular complexity index is 608. The molecule has 0 fully saturated rings. The van der Waals surface area contributed by atoms with Crippen molar-refractivity contribution in [2.75, 3.05) is 7.11 Å². The molecule has 100 valence electrons. The van der Waals surface area contributed by atoms with E-state index in [1.807, 2.05) is 25.1 Å². The fourth-order valence-corrected chi connectivity index (χ4v) is 2.42. The molecule has 0 saturated carbocycles. The molecule has 0 aliphatic rings. The van der Waals surface area contributed by atoms with E-state index >= 15 is 0 Å². The molecule has 19 heavy (non-hydrogen) atoms. The van der Waals surface area contributed by atoms with Crippen molar-refractivity contribution in [3.05, 3.63) is 52.0 Å². The highest BCUT2D eigenvalue weighted by Gasteiger charge is 2.08. The van der Waals surface area contributed by atoms with Crippen molar-refractivity contribution in [1.82, 2.24) is 0 Å². The van der Waals surface area contributed by atoms with Gasteiger partial charge in [0.05, 0.1) is 7.11 Å². The molecular weight excluding hydrogens is 258 g/mol. The molecule has 2 N–H and O–H groups in total. The molecule has 0 aliphatic heterocycles. The number of methoxy groups -OCH3 is 1. The van der Waals surface area contributed by atoms with Crippen molar-refractivity contribution in [3.8, 4) is 16.9 Å². The second kappa shape index (κ2) is 5.64. The van der Waals surface area contributed by atoms with Gasteiger partial charge in [-0.3, -0.25) is 0 Å². The predicted octanol–water partition coefficient (Wildman–Crippen LogP) is 4.09. The Balaban J connectivity index is 2.56. The van der Waals surface area contributed by atoms with Gasteiger partial charge >= 0.3 is 0 Å². The van der Waals surface area contributed by atoms with Gasteiger partial charge in [0.1, 0.15) is 5.75 Å². The van der Waals surface area contributed by atoms with Crippen molar-refractivity contribution in [2.24, 2.45) is 5.73 Å². The molecule has 0 radical (unpaired) electrons. The number of aryl methyl sites for hydroxylation is 2. The Kier molecular flexibility index (Phi) is 4.13. The standard InChI is InChI=1S/C16H18ClNO/c1-10-7-15(17)11(2)6-14(10)12-4-5-16(19-3)13(8-12)9-18/h4-8H,9,18H2,1-3H3. The van der Waals surface area contributed by atoms with E-state index in [1.165, 1.54) is 5.56 Å². The zero-order valence-electron chi connectivity index (χ0n) is 11.5. The molecule has 0 spiro atoms. The zero-order valence-corrected chi connectivity index (χ0v) is 12.2. The van der Waals surface area contributed by atoms with Crippen LogP contribution in [0.1, 0.15) is 16.7 Å². The lowest BCUT2D eigenvalue weighted by atomic mass is 9.96. The van der Waals surface area contributed by atoms with Gasteiger partial charge in [-0.05, 0) is 60.4 Å². The van der Waals surface area contributed by atoms with Gasteiger partial charge in [0.25, 0.3) is 0 Å². The third-order valence-corrected chi connectivity index (χ3v) is 3.72. The summed E-state index contributed by atoms with van der Waals surface area (Å²) in [5, 5.41) is 0.800. The quantitative estimate of drug-likeness (QED) is 0.916. The lowest BCUT2D eigenvalue weighted by molar-refractivity contribution is 0.410. The molecular formula is C16H18ClNO. The highest BCUT2D eigenvalue weighted by Crippen LogP contribution is 2.31. The van der Waals surface area contributed by atoms with E-state index in [0.717, 1.165) is 33.0 Å². The van der Waals surface area contributed by atoms with Gasteiger partial charge in [0.15, 0.2) is 0 Å². The smallest absolute Gasteiger partial charge is 0.123 e. The minimum absolute atomic E-state index is 0.461. The van der Waals surface area contributed by atoms with E-state index < -0.39 is 0 Å². The first kappa shape index (κ1) is 13.9. The monoisotopic (exact) mass is 275 g/mol. The number of hydrogen-bond donors (Lipinski definition) is 1.